The van der Waals surface area contributed by atoms with Crippen molar-refractivity contribution < 1.29 is 29.6 Å². The number of aliphatic hydroxyl groups excluding tert-OH is 3. The molecule has 0 aliphatic heterocycles. The van der Waals surface area contributed by atoms with E-state index in [2.05, 4.69) is 20.8 Å². The number of rotatable bonds is 8. The molecule has 6 heteroatoms. The maximum atomic E-state index is 11.7. The Morgan fingerprint density at radius 2 is 1.85 bits per heavy atom. The predicted octanol–water partition coefficient (Wildman–Crippen LogP) is 3.94. The predicted molar refractivity (Wildman–Crippen MR) is 130 cm³/mol. The number of carbonyl (C=O) groups excluding carboxylic acids is 1. The fraction of sp³-hybridized carbons (Fsp3) is 0.964. The van der Waals surface area contributed by atoms with E-state index in [1.807, 2.05) is 0 Å². The van der Waals surface area contributed by atoms with Gasteiger partial charge < -0.3 is 24.8 Å². The van der Waals surface area contributed by atoms with E-state index in [1.165, 1.54) is 7.11 Å². The highest BCUT2D eigenvalue weighted by molar-refractivity contribution is 5.68. The Balaban J connectivity index is 1.49. The second kappa shape index (κ2) is 10.4. The first kappa shape index (κ1) is 26.4. The Hall–Kier alpha value is -0.690. The zero-order valence-corrected chi connectivity index (χ0v) is 21.7. The lowest BCUT2D eigenvalue weighted by atomic mass is 9.43. The van der Waals surface area contributed by atoms with Crippen molar-refractivity contribution in [1.82, 2.24) is 0 Å². The van der Waals surface area contributed by atoms with Gasteiger partial charge in [-0.1, -0.05) is 20.8 Å². The van der Waals surface area contributed by atoms with Gasteiger partial charge >= 0.3 is 5.97 Å². The van der Waals surface area contributed by atoms with Crippen LogP contribution in [0.5, 0.6) is 0 Å². The zero-order chi connectivity index (χ0) is 24.7. The number of fused-ring (bicyclic) bond motifs is 5. The van der Waals surface area contributed by atoms with Crippen LogP contribution in [0.3, 0.4) is 0 Å². The quantitative estimate of drug-likeness (QED) is 0.456. The van der Waals surface area contributed by atoms with Gasteiger partial charge in [-0.3, -0.25) is 4.79 Å². The Bertz CT molecular complexity index is 713. The molecular weight excluding hydrogens is 432 g/mol. The second-order valence-electron chi connectivity index (χ2n) is 12.5. The molecule has 34 heavy (non-hydrogen) atoms. The van der Waals surface area contributed by atoms with Gasteiger partial charge in [0.15, 0.2) is 0 Å². The third-order valence-corrected chi connectivity index (χ3v) is 11.2. The van der Waals surface area contributed by atoms with Gasteiger partial charge in [0.1, 0.15) is 0 Å². The van der Waals surface area contributed by atoms with Gasteiger partial charge in [-0.05, 0) is 104 Å². The van der Waals surface area contributed by atoms with Gasteiger partial charge in [-0.15, -0.1) is 0 Å². The fourth-order valence-corrected chi connectivity index (χ4v) is 9.36. The summed E-state index contributed by atoms with van der Waals surface area (Å²) in [6.07, 6.45) is 8.61. The van der Waals surface area contributed by atoms with E-state index in [1.54, 1.807) is 0 Å². The Morgan fingerprint density at radius 1 is 1.09 bits per heavy atom. The summed E-state index contributed by atoms with van der Waals surface area (Å²) in [4.78, 5) is 11.6. The van der Waals surface area contributed by atoms with E-state index in [9.17, 15) is 15.0 Å². The van der Waals surface area contributed by atoms with Crippen LogP contribution in [0.1, 0.15) is 85.0 Å². The third-order valence-electron chi connectivity index (χ3n) is 11.2. The number of carbonyl (C=O) groups is 1. The van der Waals surface area contributed by atoms with E-state index in [0.29, 0.717) is 42.6 Å². The average molecular weight is 481 g/mol. The minimum atomic E-state index is -0.347. The number of methoxy groups -OCH3 is 1. The largest absolute Gasteiger partial charge is 0.469 e. The van der Waals surface area contributed by atoms with Crippen LogP contribution in [-0.4, -0.2) is 59.9 Å². The molecule has 4 aliphatic carbocycles. The van der Waals surface area contributed by atoms with Crippen LogP contribution in [0.15, 0.2) is 0 Å². The van der Waals surface area contributed by atoms with Crippen LogP contribution in [0.4, 0.5) is 0 Å². The Labute approximate surface area is 205 Å². The molecule has 4 aliphatic rings. The molecule has 4 rings (SSSR count). The summed E-state index contributed by atoms with van der Waals surface area (Å²) in [5.41, 5.74) is -0.0348. The van der Waals surface area contributed by atoms with Gasteiger partial charge in [-0.2, -0.15) is 0 Å². The lowest BCUT2D eigenvalue weighted by Crippen LogP contribution is -2.62. The molecule has 0 aromatic heterocycles. The molecule has 0 aromatic carbocycles. The molecule has 0 radical (unpaired) electrons. The molecule has 0 saturated heterocycles. The topological polar surface area (TPSA) is 96.2 Å². The fourth-order valence-electron chi connectivity index (χ4n) is 9.36. The highest BCUT2D eigenvalue weighted by Crippen LogP contribution is 2.68. The van der Waals surface area contributed by atoms with Gasteiger partial charge in [0, 0.05) is 6.42 Å². The minimum Gasteiger partial charge on any atom is -0.469 e. The summed E-state index contributed by atoms with van der Waals surface area (Å²) in [5.74, 6) is 2.09. The first-order chi connectivity index (χ1) is 16.2. The summed E-state index contributed by atoms with van der Waals surface area (Å²) in [7, 11) is 1.44. The van der Waals surface area contributed by atoms with E-state index in [-0.39, 0.29) is 47.6 Å². The van der Waals surface area contributed by atoms with Gasteiger partial charge in [0.25, 0.3) is 0 Å². The molecular formula is C28H48O6. The van der Waals surface area contributed by atoms with Crippen LogP contribution in [0.25, 0.3) is 0 Å². The van der Waals surface area contributed by atoms with E-state index in [4.69, 9.17) is 14.6 Å². The van der Waals surface area contributed by atoms with E-state index < -0.39 is 0 Å². The van der Waals surface area contributed by atoms with Crippen molar-refractivity contribution in [3.8, 4) is 0 Å². The van der Waals surface area contributed by atoms with Crippen LogP contribution in [-0.2, 0) is 14.3 Å². The van der Waals surface area contributed by atoms with Gasteiger partial charge in [0.05, 0.1) is 38.6 Å². The van der Waals surface area contributed by atoms with Crippen molar-refractivity contribution >= 4 is 5.97 Å². The average Bonchev–Trinajstić information content (AvgIpc) is 3.17. The maximum Gasteiger partial charge on any atom is 0.305 e. The number of ether oxygens (including phenoxy) is 2. The van der Waals surface area contributed by atoms with Crippen molar-refractivity contribution in [2.45, 2.75) is 103 Å². The molecule has 3 N–H and O–H groups in total. The summed E-state index contributed by atoms with van der Waals surface area (Å²) < 4.78 is 10.7. The standard InChI is InChI=1S/C28H48O6/c1-17(6-5-7-25(32)33-4)20-8-9-21-26-22(16-24(31)28(20,21)3)27(2)11-10-19(34-13-12-29)14-18(27)15-23(26)30/h17-24,26,29-31H,5-16H2,1-4H3/t17?,18?,19?,20-,21?,22?,23-,24+,26?,27+,28-/m1/s1. The molecule has 11 atom stereocenters. The third kappa shape index (κ3) is 4.46. The molecule has 0 bridgehead atoms. The van der Waals surface area contributed by atoms with Crippen LogP contribution in [0, 0.1) is 46.3 Å². The summed E-state index contributed by atoms with van der Waals surface area (Å²) in [5, 5.41) is 32.4. The van der Waals surface area contributed by atoms with Crippen molar-refractivity contribution in [3.05, 3.63) is 0 Å². The van der Waals surface area contributed by atoms with E-state index in [0.717, 1.165) is 57.8 Å². The van der Waals surface area contributed by atoms with Crippen molar-refractivity contribution in [2.75, 3.05) is 20.3 Å². The summed E-state index contributed by atoms with van der Waals surface area (Å²) in [6.45, 7) is 7.45. The molecule has 6 unspecified atom stereocenters. The van der Waals surface area contributed by atoms with Crippen molar-refractivity contribution in [2.24, 2.45) is 46.3 Å². The van der Waals surface area contributed by atoms with Gasteiger partial charge in [0.2, 0.25) is 0 Å². The van der Waals surface area contributed by atoms with Crippen LogP contribution < -0.4 is 0 Å². The Morgan fingerprint density at radius 3 is 2.56 bits per heavy atom. The molecule has 6 nitrogen and oxygen atoms in total. The van der Waals surface area contributed by atoms with E-state index >= 15 is 0 Å². The molecule has 0 amide bonds. The minimum absolute atomic E-state index is 0.0560. The maximum absolute atomic E-state index is 11.7. The lowest BCUT2D eigenvalue weighted by Gasteiger charge is -2.63. The number of esters is 1. The molecule has 4 saturated carbocycles. The highest BCUT2D eigenvalue weighted by Gasteiger charge is 2.65. The number of aliphatic hydroxyl groups is 3. The number of hydrogen-bond donors (Lipinski definition) is 3. The highest BCUT2D eigenvalue weighted by atomic mass is 16.5. The van der Waals surface area contributed by atoms with Crippen molar-refractivity contribution in [1.29, 1.82) is 0 Å². The monoisotopic (exact) mass is 480 g/mol. The molecule has 0 spiro atoms. The normalized spacial score (nSPS) is 46.8. The summed E-state index contributed by atoms with van der Waals surface area (Å²) in [6, 6.07) is 0. The summed E-state index contributed by atoms with van der Waals surface area (Å²) >= 11 is 0. The first-order valence-electron chi connectivity index (χ1n) is 13.8. The van der Waals surface area contributed by atoms with Crippen molar-refractivity contribution in [3.63, 3.8) is 0 Å². The first-order valence-corrected chi connectivity index (χ1v) is 13.8. The molecule has 196 valence electrons. The molecule has 0 aromatic rings. The lowest BCUT2D eigenvalue weighted by molar-refractivity contribution is -0.209. The zero-order valence-electron chi connectivity index (χ0n) is 21.7. The smallest absolute Gasteiger partial charge is 0.305 e. The van der Waals surface area contributed by atoms with Crippen LogP contribution in [0.2, 0.25) is 0 Å². The molecule has 0 heterocycles. The second-order valence-corrected chi connectivity index (χ2v) is 12.5. The van der Waals surface area contributed by atoms with Crippen LogP contribution >= 0.6 is 0 Å². The SMILES string of the molecule is COC(=O)CCCC(C)[C@H]1CCC2C3C(C[C@H](O)[C@@]21C)[C@@]1(C)CCC(OCCO)CC1C[C@H]3O. The molecule has 4 fully saturated rings. The number of hydrogen-bond acceptors (Lipinski definition) is 6. The Kier molecular flexibility index (Phi) is 8.03. The van der Waals surface area contributed by atoms with Gasteiger partial charge in [-0.25, -0.2) is 0 Å².